The Hall–Kier alpha value is -3.83. The van der Waals surface area contributed by atoms with Crippen molar-refractivity contribution in [2.75, 3.05) is 4.90 Å². The van der Waals surface area contributed by atoms with Crippen LogP contribution in [0.5, 0.6) is 0 Å². The lowest BCUT2D eigenvalue weighted by Crippen LogP contribution is -2.32. The first-order chi connectivity index (χ1) is 15.6. The van der Waals surface area contributed by atoms with Crippen LogP contribution in [0, 0.1) is 17.1 Å². The van der Waals surface area contributed by atoms with E-state index in [1.807, 2.05) is 36.4 Å². The third kappa shape index (κ3) is 4.58. The molecule has 0 saturated carbocycles. The van der Waals surface area contributed by atoms with Gasteiger partial charge in [-0.2, -0.15) is 5.26 Å². The number of carbonyl (C=O) groups excluding carboxylic acids is 2. The van der Waals surface area contributed by atoms with Gasteiger partial charge in [-0.15, -0.1) is 0 Å². The minimum Gasteiger partial charge on any atom is -0.467 e. The topological polar surface area (TPSA) is 86.3 Å². The molecular formula is C24H18FN3O3S. The van der Waals surface area contributed by atoms with E-state index in [0.717, 1.165) is 17.3 Å². The van der Waals surface area contributed by atoms with Crippen LogP contribution in [0.4, 0.5) is 10.1 Å². The van der Waals surface area contributed by atoms with Crippen LogP contribution in [0.15, 0.2) is 88.0 Å². The lowest BCUT2D eigenvalue weighted by molar-refractivity contribution is -0.117. The van der Waals surface area contributed by atoms with Crippen molar-refractivity contribution >= 4 is 29.3 Å². The maximum atomic E-state index is 13.5. The number of amides is 2. The Kier molecular flexibility index (Phi) is 6.38. The van der Waals surface area contributed by atoms with Gasteiger partial charge in [-0.3, -0.25) is 14.5 Å². The van der Waals surface area contributed by atoms with Crippen LogP contribution in [0.3, 0.4) is 0 Å². The van der Waals surface area contributed by atoms with Crippen molar-refractivity contribution in [3.05, 3.63) is 101 Å². The smallest absolute Gasteiger partial charge is 0.265 e. The molecule has 2 amide bonds. The fourth-order valence-electron chi connectivity index (χ4n) is 3.31. The second-order valence-corrected chi connectivity index (χ2v) is 8.19. The number of furan rings is 1. The van der Waals surface area contributed by atoms with Crippen LogP contribution in [0.2, 0.25) is 0 Å². The molecule has 2 aromatic carbocycles. The Morgan fingerprint density at radius 2 is 1.88 bits per heavy atom. The second-order valence-electron chi connectivity index (χ2n) is 7.00. The Balaban J connectivity index is 1.67. The number of hydrogen-bond donors (Lipinski definition) is 1. The van der Waals surface area contributed by atoms with Crippen molar-refractivity contribution < 1.29 is 18.4 Å². The minimum absolute atomic E-state index is 0.104. The predicted octanol–water partition coefficient (Wildman–Crippen LogP) is 4.16. The van der Waals surface area contributed by atoms with Crippen molar-refractivity contribution in [2.45, 2.75) is 18.2 Å². The molecule has 2 heterocycles. The first-order valence-electron chi connectivity index (χ1n) is 9.82. The van der Waals surface area contributed by atoms with Crippen molar-refractivity contribution in [3.63, 3.8) is 0 Å². The molecule has 1 N–H and O–H groups in total. The highest BCUT2D eigenvalue weighted by Crippen LogP contribution is 2.41. The minimum atomic E-state index is -0.619. The standard InChI is InChI=1S/C24H18FN3O3S/c25-17-8-10-18(11-9-17)28-23(30)21(13-16-5-2-1-3-6-16)32-24(28)20(14-26)22(29)27-15-19-7-4-12-31-19/h1-12,21H,13,15H2,(H,27,29)/b24-20-. The molecule has 0 radical (unpaired) electrons. The number of hydrogen-bond acceptors (Lipinski definition) is 5. The molecule has 1 saturated heterocycles. The number of anilines is 1. The van der Waals surface area contributed by atoms with Crippen molar-refractivity contribution in [3.8, 4) is 6.07 Å². The molecule has 1 aliphatic heterocycles. The summed E-state index contributed by atoms with van der Waals surface area (Å²) in [6.07, 6.45) is 1.92. The van der Waals surface area contributed by atoms with Gasteiger partial charge >= 0.3 is 0 Å². The fraction of sp³-hybridized carbons (Fsp3) is 0.125. The fourth-order valence-corrected chi connectivity index (χ4v) is 4.62. The summed E-state index contributed by atoms with van der Waals surface area (Å²) in [5.74, 6) is -0.803. The van der Waals surface area contributed by atoms with Crippen LogP contribution in [-0.4, -0.2) is 17.1 Å². The highest BCUT2D eigenvalue weighted by Gasteiger charge is 2.40. The Morgan fingerprint density at radius 1 is 1.12 bits per heavy atom. The summed E-state index contributed by atoms with van der Waals surface area (Å²) in [5, 5.41) is 12.1. The number of nitrogens with zero attached hydrogens (tertiary/aromatic N) is 2. The first-order valence-corrected chi connectivity index (χ1v) is 10.7. The maximum absolute atomic E-state index is 13.5. The maximum Gasteiger partial charge on any atom is 0.265 e. The predicted molar refractivity (Wildman–Crippen MR) is 119 cm³/mol. The summed E-state index contributed by atoms with van der Waals surface area (Å²) < 4.78 is 18.7. The zero-order chi connectivity index (χ0) is 22.5. The van der Waals surface area contributed by atoms with Gasteiger partial charge in [0.1, 0.15) is 28.2 Å². The third-order valence-corrected chi connectivity index (χ3v) is 6.12. The Bertz CT molecular complexity index is 1190. The quantitative estimate of drug-likeness (QED) is 0.453. The van der Waals surface area contributed by atoms with Crippen LogP contribution >= 0.6 is 11.8 Å². The van der Waals surface area contributed by atoms with Crippen LogP contribution in [0.25, 0.3) is 0 Å². The number of rotatable bonds is 6. The molecule has 4 rings (SSSR count). The number of halogens is 1. The highest BCUT2D eigenvalue weighted by atomic mass is 32.2. The Morgan fingerprint density at radius 3 is 2.53 bits per heavy atom. The average molecular weight is 447 g/mol. The largest absolute Gasteiger partial charge is 0.467 e. The summed E-state index contributed by atoms with van der Waals surface area (Å²) in [4.78, 5) is 27.5. The lowest BCUT2D eigenvalue weighted by Gasteiger charge is -2.18. The van der Waals surface area contributed by atoms with Gasteiger partial charge in [0.2, 0.25) is 5.91 Å². The molecule has 0 spiro atoms. The van der Waals surface area contributed by atoms with E-state index in [2.05, 4.69) is 5.32 Å². The molecule has 6 nitrogen and oxygen atoms in total. The summed E-state index contributed by atoms with van der Waals surface area (Å²) in [5.41, 5.74) is 1.16. The van der Waals surface area contributed by atoms with E-state index in [9.17, 15) is 19.2 Å². The molecule has 160 valence electrons. The first kappa shape index (κ1) is 21.4. The highest BCUT2D eigenvalue weighted by molar-refractivity contribution is 8.05. The molecule has 1 unspecified atom stereocenters. The van der Waals surface area contributed by atoms with E-state index in [0.29, 0.717) is 17.9 Å². The zero-order valence-corrected chi connectivity index (χ0v) is 17.6. The Labute approximate surface area is 188 Å². The number of carbonyl (C=O) groups is 2. The van der Waals surface area contributed by atoms with Gasteiger partial charge in [0, 0.05) is 5.69 Å². The van der Waals surface area contributed by atoms with E-state index in [1.165, 1.54) is 35.4 Å². The van der Waals surface area contributed by atoms with E-state index >= 15 is 0 Å². The average Bonchev–Trinajstić information content (AvgIpc) is 3.43. The molecule has 32 heavy (non-hydrogen) atoms. The van der Waals surface area contributed by atoms with E-state index in [1.54, 1.807) is 12.1 Å². The van der Waals surface area contributed by atoms with E-state index in [4.69, 9.17) is 4.42 Å². The summed E-state index contributed by atoms with van der Waals surface area (Å²) in [6, 6.07) is 20.2. The van der Waals surface area contributed by atoms with Gasteiger partial charge in [0.05, 0.1) is 18.1 Å². The molecule has 1 atom stereocenters. The van der Waals surface area contributed by atoms with E-state index < -0.39 is 17.0 Å². The van der Waals surface area contributed by atoms with Crippen molar-refractivity contribution in [2.24, 2.45) is 0 Å². The van der Waals surface area contributed by atoms with Gasteiger partial charge in [-0.25, -0.2) is 4.39 Å². The number of nitriles is 1. The van der Waals surface area contributed by atoms with E-state index in [-0.39, 0.29) is 23.1 Å². The van der Waals surface area contributed by atoms with Crippen LogP contribution in [-0.2, 0) is 22.6 Å². The van der Waals surface area contributed by atoms with Gasteiger partial charge in [0.15, 0.2) is 0 Å². The molecule has 8 heteroatoms. The van der Waals surface area contributed by atoms with Crippen molar-refractivity contribution in [1.82, 2.24) is 5.32 Å². The molecule has 1 aromatic heterocycles. The molecular weight excluding hydrogens is 429 g/mol. The van der Waals surface area contributed by atoms with Gasteiger partial charge in [0.25, 0.3) is 5.91 Å². The molecule has 3 aromatic rings. The van der Waals surface area contributed by atoms with Gasteiger partial charge in [-0.1, -0.05) is 42.1 Å². The summed E-state index contributed by atoms with van der Waals surface area (Å²) in [7, 11) is 0. The van der Waals surface area contributed by atoms with Gasteiger partial charge < -0.3 is 9.73 Å². The normalized spacial score (nSPS) is 17.2. The SMILES string of the molecule is N#C/C(C(=O)NCc1ccco1)=C1/SC(Cc2ccccc2)C(=O)N1c1ccc(F)cc1. The van der Waals surface area contributed by atoms with Crippen LogP contribution < -0.4 is 10.2 Å². The molecule has 0 aliphatic carbocycles. The van der Waals surface area contributed by atoms with Crippen molar-refractivity contribution in [1.29, 1.82) is 5.26 Å². The number of benzene rings is 2. The lowest BCUT2D eigenvalue weighted by atomic mass is 10.1. The molecule has 0 bridgehead atoms. The number of thioether (sulfide) groups is 1. The van der Waals surface area contributed by atoms with Crippen LogP contribution in [0.1, 0.15) is 11.3 Å². The monoisotopic (exact) mass is 447 g/mol. The third-order valence-electron chi connectivity index (χ3n) is 4.86. The summed E-state index contributed by atoms with van der Waals surface area (Å²) in [6.45, 7) is 0.104. The molecule has 1 aliphatic rings. The number of nitrogens with one attached hydrogen (secondary N) is 1. The summed E-state index contributed by atoms with van der Waals surface area (Å²) >= 11 is 1.16. The van der Waals surface area contributed by atoms with Gasteiger partial charge in [-0.05, 0) is 48.4 Å². The zero-order valence-electron chi connectivity index (χ0n) is 16.8. The second kappa shape index (κ2) is 9.54. The molecule has 1 fully saturated rings.